The van der Waals surface area contributed by atoms with E-state index in [1.165, 1.54) is 0 Å². The highest BCUT2D eigenvalue weighted by atomic mass is 35.5. The Hall–Kier alpha value is -2.76. The van der Waals surface area contributed by atoms with Gasteiger partial charge in [-0.05, 0) is 59.7 Å². The second kappa shape index (κ2) is 10.1. The molecule has 0 fully saturated rings. The Labute approximate surface area is 180 Å². The Morgan fingerprint density at radius 1 is 1.00 bits per heavy atom. The van der Waals surface area contributed by atoms with Gasteiger partial charge in [-0.15, -0.1) is 11.8 Å². The minimum absolute atomic E-state index is 0.233. The smallest absolute Gasteiger partial charge is 0.271 e. The van der Waals surface area contributed by atoms with Crippen molar-refractivity contribution in [3.05, 3.63) is 94.5 Å². The Morgan fingerprint density at radius 2 is 1.66 bits per heavy atom. The van der Waals surface area contributed by atoms with Crippen molar-refractivity contribution in [2.45, 2.75) is 10.6 Å². The van der Waals surface area contributed by atoms with Crippen molar-refractivity contribution in [1.82, 2.24) is 5.43 Å². The van der Waals surface area contributed by atoms with Gasteiger partial charge >= 0.3 is 0 Å². The summed E-state index contributed by atoms with van der Waals surface area (Å²) in [5.74, 6) is 0.591. The quantitative estimate of drug-likeness (QED) is 0.311. The topological polar surface area (TPSA) is 44.7 Å². The largest absolute Gasteiger partial charge is 0.378 e. The lowest BCUT2D eigenvalue weighted by molar-refractivity contribution is 0.0955. The summed E-state index contributed by atoms with van der Waals surface area (Å²) >= 11 is 7.63. The molecular weight excluding hydrogens is 402 g/mol. The van der Waals surface area contributed by atoms with Gasteiger partial charge in [0, 0.05) is 41.0 Å². The molecule has 1 N–H and O–H groups in total. The van der Waals surface area contributed by atoms with E-state index < -0.39 is 0 Å². The average Bonchev–Trinajstić information content (AvgIpc) is 2.74. The van der Waals surface area contributed by atoms with Gasteiger partial charge in [-0.3, -0.25) is 4.79 Å². The van der Waals surface area contributed by atoms with Crippen molar-refractivity contribution in [2.75, 3.05) is 19.0 Å². The summed E-state index contributed by atoms with van der Waals surface area (Å²) in [6, 6.07) is 23.2. The van der Waals surface area contributed by atoms with Crippen molar-refractivity contribution >= 4 is 41.2 Å². The van der Waals surface area contributed by atoms with Gasteiger partial charge in [0.15, 0.2) is 0 Å². The molecule has 29 heavy (non-hydrogen) atoms. The molecule has 0 heterocycles. The zero-order chi connectivity index (χ0) is 20.6. The van der Waals surface area contributed by atoms with Gasteiger partial charge in [0.25, 0.3) is 5.91 Å². The van der Waals surface area contributed by atoms with Crippen molar-refractivity contribution in [2.24, 2.45) is 5.10 Å². The van der Waals surface area contributed by atoms with Crippen LogP contribution in [0.3, 0.4) is 0 Å². The number of hydrazone groups is 1. The molecule has 4 nitrogen and oxygen atoms in total. The minimum Gasteiger partial charge on any atom is -0.378 e. The monoisotopic (exact) mass is 423 g/mol. The van der Waals surface area contributed by atoms with Crippen molar-refractivity contribution in [3.8, 4) is 0 Å². The van der Waals surface area contributed by atoms with Crippen LogP contribution < -0.4 is 10.3 Å². The van der Waals surface area contributed by atoms with Crippen LogP contribution in [0.5, 0.6) is 0 Å². The molecule has 3 aromatic carbocycles. The molecule has 0 aliphatic carbocycles. The number of nitrogens with one attached hydrogen (secondary N) is 1. The van der Waals surface area contributed by atoms with E-state index in [1.807, 2.05) is 91.8 Å². The average molecular weight is 424 g/mol. The molecular formula is C23H22ClN3OS. The lowest BCUT2D eigenvalue weighted by atomic mass is 10.1. The third-order valence-electron chi connectivity index (χ3n) is 4.22. The van der Waals surface area contributed by atoms with E-state index in [4.69, 9.17) is 11.6 Å². The summed E-state index contributed by atoms with van der Waals surface area (Å²) in [6.07, 6.45) is 1.63. The predicted octanol–water partition coefficient (Wildman–Crippen LogP) is 5.46. The number of rotatable bonds is 7. The fourth-order valence-corrected chi connectivity index (χ4v) is 3.52. The van der Waals surface area contributed by atoms with Gasteiger partial charge in [0.2, 0.25) is 0 Å². The molecule has 0 aliphatic heterocycles. The Kier molecular flexibility index (Phi) is 7.33. The molecule has 0 saturated carbocycles. The number of benzene rings is 3. The highest BCUT2D eigenvalue weighted by Crippen LogP contribution is 2.24. The summed E-state index contributed by atoms with van der Waals surface area (Å²) in [5.41, 5.74) is 6.32. The predicted molar refractivity (Wildman–Crippen MR) is 123 cm³/mol. The number of halogens is 1. The first kappa shape index (κ1) is 21.0. The zero-order valence-electron chi connectivity index (χ0n) is 16.3. The van der Waals surface area contributed by atoms with Gasteiger partial charge in [-0.25, -0.2) is 5.43 Å². The molecule has 0 spiro atoms. The number of hydrogen-bond acceptors (Lipinski definition) is 4. The molecule has 0 radical (unpaired) electrons. The molecule has 0 saturated heterocycles. The van der Waals surface area contributed by atoms with Gasteiger partial charge in [-0.2, -0.15) is 5.10 Å². The molecule has 0 aliphatic rings. The number of hydrogen-bond donors (Lipinski definition) is 1. The van der Waals surface area contributed by atoms with E-state index in [-0.39, 0.29) is 5.91 Å². The molecule has 1 amide bonds. The number of carbonyl (C=O) groups excluding carboxylic acids is 1. The van der Waals surface area contributed by atoms with E-state index in [9.17, 15) is 4.79 Å². The Balaban J connectivity index is 1.51. The number of amides is 1. The first-order chi connectivity index (χ1) is 14.0. The SMILES string of the molecule is CN(C)c1ccc(/C=N\NC(=O)c2ccc(CSc3ccc(Cl)cc3)cc2)cc1. The number of thioether (sulfide) groups is 1. The summed E-state index contributed by atoms with van der Waals surface area (Å²) < 4.78 is 0. The fourth-order valence-electron chi connectivity index (χ4n) is 2.54. The van der Waals surface area contributed by atoms with Gasteiger partial charge < -0.3 is 4.90 Å². The summed E-state index contributed by atoms with van der Waals surface area (Å²) in [6.45, 7) is 0. The van der Waals surface area contributed by atoms with Crippen LogP contribution in [-0.4, -0.2) is 26.2 Å². The molecule has 3 aromatic rings. The maximum atomic E-state index is 12.3. The summed E-state index contributed by atoms with van der Waals surface area (Å²) in [7, 11) is 3.98. The van der Waals surface area contributed by atoms with E-state index in [2.05, 4.69) is 10.5 Å². The lowest BCUT2D eigenvalue weighted by Crippen LogP contribution is -2.17. The van der Waals surface area contributed by atoms with Crippen LogP contribution in [0, 0.1) is 0 Å². The third-order valence-corrected chi connectivity index (χ3v) is 5.56. The molecule has 6 heteroatoms. The van der Waals surface area contributed by atoms with Crippen LogP contribution in [0.25, 0.3) is 0 Å². The number of carbonyl (C=O) groups is 1. The van der Waals surface area contributed by atoms with Gasteiger partial charge in [0.1, 0.15) is 0 Å². The maximum Gasteiger partial charge on any atom is 0.271 e. The van der Waals surface area contributed by atoms with E-state index in [0.717, 1.165) is 32.5 Å². The highest BCUT2D eigenvalue weighted by Gasteiger charge is 2.04. The van der Waals surface area contributed by atoms with Crippen LogP contribution in [-0.2, 0) is 5.75 Å². The Bertz CT molecular complexity index is 969. The normalized spacial score (nSPS) is 10.9. The van der Waals surface area contributed by atoms with Gasteiger partial charge in [0.05, 0.1) is 6.21 Å². The lowest BCUT2D eigenvalue weighted by Gasteiger charge is -2.11. The van der Waals surface area contributed by atoms with Crippen LogP contribution in [0.2, 0.25) is 5.02 Å². The minimum atomic E-state index is -0.233. The van der Waals surface area contributed by atoms with Crippen LogP contribution in [0.1, 0.15) is 21.5 Å². The summed E-state index contributed by atoms with van der Waals surface area (Å²) in [5, 5.41) is 4.78. The van der Waals surface area contributed by atoms with Crippen molar-refractivity contribution < 1.29 is 4.79 Å². The van der Waals surface area contributed by atoms with Gasteiger partial charge in [-0.1, -0.05) is 35.9 Å². The van der Waals surface area contributed by atoms with E-state index >= 15 is 0 Å². The Morgan fingerprint density at radius 3 is 2.28 bits per heavy atom. The second-order valence-electron chi connectivity index (χ2n) is 6.62. The van der Waals surface area contributed by atoms with Crippen LogP contribution in [0.4, 0.5) is 5.69 Å². The molecule has 0 unspecified atom stereocenters. The van der Waals surface area contributed by atoms with E-state index in [1.54, 1.807) is 18.0 Å². The molecule has 0 atom stereocenters. The first-order valence-corrected chi connectivity index (χ1v) is 10.5. The molecule has 0 bridgehead atoms. The first-order valence-electron chi connectivity index (χ1n) is 9.09. The fraction of sp³-hybridized carbons (Fsp3) is 0.130. The van der Waals surface area contributed by atoms with Crippen molar-refractivity contribution in [3.63, 3.8) is 0 Å². The third kappa shape index (κ3) is 6.38. The molecule has 148 valence electrons. The van der Waals surface area contributed by atoms with Crippen LogP contribution >= 0.6 is 23.4 Å². The van der Waals surface area contributed by atoms with Crippen LogP contribution in [0.15, 0.2) is 82.8 Å². The second-order valence-corrected chi connectivity index (χ2v) is 8.11. The summed E-state index contributed by atoms with van der Waals surface area (Å²) in [4.78, 5) is 15.4. The standard InChI is InChI=1S/C23H22ClN3OS/c1-27(2)21-11-5-17(6-12-21)15-25-26-23(28)19-7-3-18(4-8-19)16-29-22-13-9-20(24)10-14-22/h3-15H,16H2,1-2H3,(H,26,28)/b25-15-. The highest BCUT2D eigenvalue weighted by molar-refractivity contribution is 7.98. The van der Waals surface area contributed by atoms with Crippen molar-refractivity contribution in [1.29, 1.82) is 0 Å². The maximum absolute atomic E-state index is 12.3. The number of nitrogens with zero attached hydrogens (tertiary/aromatic N) is 2. The zero-order valence-corrected chi connectivity index (χ0v) is 17.9. The molecule has 3 rings (SSSR count). The molecule has 0 aromatic heterocycles. The number of anilines is 1. The van der Waals surface area contributed by atoms with E-state index in [0.29, 0.717) is 5.56 Å².